The molecule has 1 saturated heterocycles. The van der Waals surface area contributed by atoms with Crippen molar-refractivity contribution in [3.63, 3.8) is 0 Å². The number of nitrogens with one attached hydrogen (secondary N) is 1. The number of hydrogen-bond donors (Lipinski definition) is 1. The molecule has 0 radical (unpaired) electrons. The van der Waals surface area contributed by atoms with E-state index in [1.807, 2.05) is 12.5 Å². The first-order chi connectivity index (χ1) is 8.86. The second-order valence-electron chi connectivity index (χ2n) is 5.64. The van der Waals surface area contributed by atoms with E-state index in [0.29, 0.717) is 6.04 Å². The Balaban J connectivity index is 1.52. The number of likely N-dealkylation sites (tertiary alicyclic amines) is 1. The summed E-state index contributed by atoms with van der Waals surface area (Å²) in [5.74, 6) is 0. The van der Waals surface area contributed by atoms with Gasteiger partial charge < -0.3 is 14.8 Å². The van der Waals surface area contributed by atoms with E-state index < -0.39 is 0 Å². The summed E-state index contributed by atoms with van der Waals surface area (Å²) in [7, 11) is 0. The van der Waals surface area contributed by atoms with E-state index in [1.54, 1.807) is 0 Å². The van der Waals surface area contributed by atoms with Gasteiger partial charge in [-0.3, -0.25) is 0 Å². The fourth-order valence-electron chi connectivity index (χ4n) is 2.91. The summed E-state index contributed by atoms with van der Waals surface area (Å²) in [6.45, 7) is 6.88. The van der Waals surface area contributed by atoms with E-state index in [9.17, 15) is 0 Å². The van der Waals surface area contributed by atoms with Gasteiger partial charge in [0.05, 0.1) is 12.0 Å². The number of nitrogens with zero attached hydrogens (tertiary/aromatic N) is 3. The number of hydrogen-bond acceptors (Lipinski definition) is 3. The van der Waals surface area contributed by atoms with Crippen molar-refractivity contribution in [3.05, 3.63) is 18.2 Å². The number of likely N-dealkylation sites (N-methyl/N-ethyl adjacent to an activating group) is 1. The minimum absolute atomic E-state index is 0.654. The van der Waals surface area contributed by atoms with Crippen molar-refractivity contribution in [2.45, 2.75) is 51.2 Å². The monoisotopic (exact) mass is 248 g/mol. The minimum atomic E-state index is 0.654. The van der Waals surface area contributed by atoms with Gasteiger partial charge in [-0.2, -0.15) is 0 Å². The number of aromatic nitrogens is 2. The van der Waals surface area contributed by atoms with Crippen molar-refractivity contribution in [1.82, 2.24) is 19.8 Å². The Kier molecular flexibility index (Phi) is 3.66. The maximum Gasteiger partial charge on any atom is 0.0951 e. The van der Waals surface area contributed by atoms with Crippen LogP contribution in [0.3, 0.4) is 0 Å². The SMILES string of the molecule is CCN1CCCC(NCc2cncn2C2CC2)C1. The van der Waals surface area contributed by atoms with E-state index >= 15 is 0 Å². The molecule has 0 spiro atoms. The van der Waals surface area contributed by atoms with Gasteiger partial charge in [0.1, 0.15) is 0 Å². The molecular weight excluding hydrogens is 224 g/mol. The molecule has 0 aromatic carbocycles. The molecule has 2 fully saturated rings. The number of imidazole rings is 1. The molecule has 1 aromatic heterocycles. The quantitative estimate of drug-likeness (QED) is 0.862. The molecule has 1 aliphatic heterocycles. The van der Waals surface area contributed by atoms with Gasteiger partial charge in [-0.15, -0.1) is 0 Å². The molecule has 0 amide bonds. The molecular formula is C14H24N4. The first kappa shape index (κ1) is 12.2. The van der Waals surface area contributed by atoms with Crippen LogP contribution < -0.4 is 5.32 Å². The third-order valence-electron chi connectivity index (χ3n) is 4.21. The van der Waals surface area contributed by atoms with Crippen LogP contribution in [-0.2, 0) is 6.54 Å². The summed E-state index contributed by atoms with van der Waals surface area (Å²) in [4.78, 5) is 6.83. The molecule has 100 valence electrons. The van der Waals surface area contributed by atoms with Gasteiger partial charge >= 0.3 is 0 Å². The number of piperidine rings is 1. The van der Waals surface area contributed by atoms with Crippen molar-refractivity contribution in [2.75, 3.05) is 19.6 Å². The highest BCUT2D eigenvalue weighted by Crippen LogP contribution is 2.35. The van der Waals surface area contributed by atoms with Gasteiger partial charge in [0.15, 0.2) is 0 Å². The van der Waals surface area contributed by atoms with Gasteiger partial charge in [-0.05, 0) is 38.8 Å². The lowest BCUT2D eigenvalue weighted by molar-refractivity contribution is 0.198. The van der Waals surface area contributed by atoms with Crippen LogP contribution in [0.25, 0.3) is 0 Å². The van der Waals surface area contributed by atoms with Crippen LogP contribution in [0, 0.1) is 0 Å². The second kappa shape index (κ2) is 5.41. The number of rotatable bonds is 5. The summed E-state index contributed by atoms with van der Waals surface area (Å²) < 4.78 is 2.35. The maximum absolute atomic E-state index is 4.29. The fraction of sp³-hybridized carbons (Fsp3) is 0.786. The van der Waals surface area contributed by atoms with E-state index in [4.69, 9.17) is 0 Å². The van der Waals surface area contributed by atoms with Gasteiger partial charge in [0, 0.05) is 31.4 Å². The molecule has 3 rings (SSSR count). The fourth-order valence-corrected chi connectivity index (χ4v) is 2.91. The van der Waals surface area contributed by atoms with Crippen molar-refractivity contribution in [2.24, 2.45) is 0 Å². The molecule has 1 unspecified atom stereocenters. The Morgan fingerprint density at radius 1 is 1.39 bits per heavy atom. The minimum Gasteiger partial charge on any atom is -0.330 e. The molecule has 18 heavy (non-hydrogen) atoms. The van der Waals surface area contributed by atoms with Crippen molar-refractivity contribution in [3.8, 4) is 0 Å². The molecule has 4 heteroatoms. The van der Waals surface area contributed by atoms with Gasteiger partial charge in [-0.1, -0.05) is 6.92 Å². The average molecular weight is 248 g/mol. The highest BCUT2D eigenvalue weighted by Gasteiger charge is 2.25. The molecule has 1 aliphatic carbocycles. The summed E-state index contributed by atoms with van der Waals surface area (Å²) in [6.07, 6.45) is 9.31. The van der Waals surface area contributed by atoms with Crippen LogP contribution in [0.2, 0.25) is 0 Å². The van der Waals surface area contributed by atoms with Crippen molar-refractivity contribution in [1.29, 1.82) is 0 Å². The highest BCUT2D eigenvalue weighted by atomic mass is 15.2. The van der Waals surface area contributed by atoms with Gasteiger partial charge in [0.2, 0.25) is 0 Å². The molecule has 2 aliphatic rings. The average Bonchev–Trinajstić information content (AvgIpc) is 3.15. The topological polar surface area (TPSA) is 33.1 Å². The van der Waals surface area contributed by atoms with Gasteiger partial charge in [0.25, 0.3) is 0 Å². The predicted molar refractivity (Wildman–Crippen MR) is 72.5 cm³/mol. The first-order valence-corrected chi connectivity index (χ1v) is 7.33. The standard InChI is InChI=1S/C14H24N4/c1-2-17-7-3-4-12(10-17)16-9-14-8-15-11-18(14)13-5-6-13/h8,11-13,16H,2-7,9-10H2,1H3. The van der Waals surface area contributed by atoms with Crippen LogP contribution in [-0.4, -0.2) is 40.1 Å². The lowest BCUT2D eigenvalue weighted by atomic mass is 10.1. The molecule has 4 nitrogen and oxygen atoms in total. The normalized spacial score (nSPS) is 25.5. The van der Waals surface area contributed by atoms with Crippen molar-refractivity contribution < 1.29 is 0 Å². The van der Waals surface area contributed by atoms with Crippen LogP contribution in [0.4, 0.5) is 0 Å². The van der Waals surface area contributed by atoms with Crippen molar-refractivity contribution >= 4 is 0 Å². The van der Waals surface area contributed by atoms with E-state index in [0.717, 1.165) is 12.6 Å². The Bertz CT molecular complexity index is 383. The van der Waals surface area contributed by atoms with Crippen LogP contribution >= 0.6 is 0 Å². The lowest BCUT2D eigenvalue weighted by Crippen LogP contribution is -2.45. The van der Waals surface area contributed by atoms with E-state index in [1.165, 1.54) is 51.0 Å². The first-order valence-electron chi connectivity index (χ1n) is 7.33. The second-order valence-corrected chi connectivity index (χ2v) is 5.64. The zero-order valence-corrected chi connectivity index (χ0v) is 11.3. The highest BCUT2D eigenvalue weighted by molar-refractivity contribution is 5.03. The Morgan fingerprint density at radius 3 is 3.06 bits per heavy atom. The Morgan fingerprint density at radius 2 is 2.28 bits per heavy atom. The molecule has 1 N–H and O–H groups in total. The van der Waals surface area contributed by atoms with E-state index in [2.05, 4.69) is 26.7 Å². The summed E-state index contributed by atoms with van der Waals surface area (Å²) in [5, 5.41) is 3.71. The molecule has 0 bridgehead atoms. The predicted octanol–water partition coefficient (Wildman–Crippen LogP) is 1.79. The lowest BCUT2D eigenvalue weighted by Gasteiger charge is -2.32. The largest absolute Gasteiger partial charge is 0.330 e. The summed E-state index contributed by atoms with van der Waals surface area (Å²) in [5.41, 5.74) is 1.35. The summed E-state index contributed by atoms with van der Waals surface area (Å²) in [6, 6.07) is 1.39. The summed E-state index contributed by atoms with van der Waals surface area (Å²) >= 11 is 0. The van der Waals surface area contributed by atoms with Gasteiger partial charge in [-0.25, -0.2) is 4.98 Å². The molecule has 1 saturated carbocycles. The third-order valence-corrected chi connectivity index (χ3v) is 4.21. The van der Waals surface area contributed by atoms with Crippen LogP contribution in [0.5, 0.6) is 0 Å². The van der Waals surface area contributed by atoms with Crippen LogP contribution in [0.15, 0.2) is 12.5 Å². The van der Waals surface area contributed by atoms with E-state index in [-0.39, 0.29) is 0 Å². The zero-order chi connectivity index (χ0) is 12.4. The Hall–Kier alpha value is -0.870. The molecule has 2 heterocycles. The Labute approximate surface area is 109 Å². The van der Waals surface area contributed by atoms with Crippen LogP contribution in [0.1, 0.15) is 44.3 Å². The zero-order valence-electron chi connectivity index (χ0n) is 11.3. The smallest absolute Gasteiger partial charge is 0.0951 e. The molecule has 1 atom stereocenters. The maximum atomic E-state index is 4.29. The third kappa shape index (κ3) is 2.75. The molecule has 1 aromatic rings.